The number of aromatic nitrogens is 3. The topological polar surface area (TPSA) is 83.0 Å². The van der Waals surface area contributed by atoms with Gasteiger partial charge in [0.15, 0.2) is 17.3 Å². The van der Waals surface area contributed by atoms with E-state index in [4.69, 9.17) is 0 Å². The first-order chi connectivity index (χ1) is 14.4. The molecule has 30 heavy (non-hydrogen) atoms. The van der Waals surface area contributed by atoms with E-state index in [1.807, 2.05) is 11.8 Å². The van der Waals surface area contributed by atoms with Crippen LogP contribution in [0.2, 0.25) is 0 Å². The molecule has 7 nitrogen and oxygen atoms in total. The van der Waals surface area contributed by atoms with Crippen molar-refractivity contribution in [3.05, 3.63) is 62.5 Å². The van der Waals surface area contributed by atoms with Crippen molar-refractivity contribution in [3.63, 3.8) is 0 Å². The number of pyridine rings is 2. The summed E-state index contributed by atoms with van der Waals surface area (Å²) in [4.78, 5) is 32.0. The van der Waals surface area contributed by atoms with Gasteiger partial charge in [0.1, 0.15) is 16.0 Å². The highest BCUT2D eigenvalue weighted by atomic mass is 32.1. The zero-order valence-electron chi connectivity index (χ0n) is 15.9. The first-order valence-corrected chi connectivity index (χ1v) is 10.3. The van der Waals surface area contributed by atoms with Crippen molar-refractivity contribution in [2.45, 2.75) is 13.0 Å². The van der Waals surface area contributed by atoms with Crippen LogP contribution in [0.1, 0.15) is 6.92 Å². The third-order valence-electron chi connectivity index (χ3n) is 5.26. The molecule has 0 amide bonds. The van der Waals surface area contributed by atoms with Gasteiger partial charge in [0, 0.05) is 31.4 Å². The Morgan fingerprint density at radius 3 is 2.70 bits per heavy atom. The van der Waals surface area contributed by atoms with Crippen molar-refractivity contribution in [2.24, 2.45) is 0 Å². The average Bonchev–Trinajstić information content (AvgIpc) is 3.11. The van der Waals surface area contributed by atoms with E-state index in [1.54, 1.807) is 4.57 Å². The maximum atomic E-state index is 15.0. The van der Waals surface area contributed by atoms with Crippen LogP contribution in [0.25, 0.3) is 26.9 Å². The molecule has 1 aliphatic heterocycles. The second kappa shape index (κ2) is 6.99. The molecule has 10 heteroatoms. The van der Waals surface area contributed by atoms with E-state index in [2.05, 4.69) is 14.7 Å². The van der Waals surface area contributed by atoms with Crippen molar-refractivity contribution in [1.82, 2.24) is 19.2 Å². The van der Waals surface area contributed by atoms with Gasteiger partial charge in [-0.05, 0) is 48.8 Å². The van der Waals surface area contributed by atoms with Gasteiger partial charge in [0.2, 0.25) is 5.43 Å². The number of anilines is 1. The maximum absolute atomic E-state index is 15.0. The van der Waals surface area contributed by atoms with Gasteiger partial charge in [0.05, 0.1) is 5.39 Å². The van der Waals surface area contributed by atoms with Crippen molar-refractivity contribution < 1.29 is 8.78 Å². The van der Waals surface area contributed by atoms with Crippen LogP contribution in [0.15, 0.2) is 39.9 Å². The minimum Gasteiger partial charge on any atom is -0.351 e. The predicted octanol–water partition coefficient (Wildman–Crippen LogP) is 2.36. The fraction of sp³-hybridized carbons (Fsp3) is 0.250. The van der Waals surface area contributed by atoms with Gasteiger partial charge >= 0.3 is 0 Å². The Kier molecular flexibility index (Phi) is 4.40. The highest BCUT2D eigenvalue weighted by Gasteiger charge is 2.24. The predicted molar refractivity (Wildman–Crippen MR) is 113 cm³/mol. The Bertz CT molecular complexity index is 1390. The number of rotatable bonds is 2. The second-order valence-corrected chi connectivity index (χ2v) is 8.12. The number of benzene rings is 1. The Labute approximate surface area is 172 Å². The molecule has 154 valence electrons. The number of fused-ring (bicyclic) bond motifs is 2. The van der Waals surface area contributed by atoms with Crippen LogP contribution in [-0.4, -0.2) is 39.6 Å². The number of hydrogen-bond donors (Lipinski definition) is 2. The number of piperazine rings is 1. The highest BCUT2D eigenvalue weighted by molar-refractivity contribution is 7.12. The summed E-state index contributed by atoms with van der Waals surface area (Å²) in [6.07, 6.45) is 0. The number of nitrogens with one attached hydrogen (secondary N) is 2. The second-order valence-electron chi connectivity index (χ2n) is 7.32. The van der Waals surface area contributed by atoms with E-state index < -0.39 is 22.6 Å². The van der Waals surface area contributed by atoms with Gasteiger partial charge in [-0.3, -0.25) is 18.5 Å². The van der Waals surface area contributed by atoms with E-state index >= 15 is 4.39 Å². The molecule has 4 heterocycles. The van der Waals surface area contributed by atoms with E-state index in [-0.39, 0.29) is 28.3 Å². The number of aromatic amines is 1. The van der Waals surface area contributed by atoms with Gasteiger partial charge in [-0.25, -0.2) is 13.8 Å². The summed E-state index contributed by atoms with van der Waals surface area (Å²) in [5, 5.41) is 3.23. The Balaban J connectivity index is 1.87. The molecule has 1 aliphatic rings. The largest absolute Gasteiger partial charge is 0.351 e. The molecule has 0 spiro atoms. The molecule has 1 aromatic carbocycles. The normalized spacial score (nSPS) is 17.2. The molecule has 0 saturated carbocycles. The third-order valence-corrected chi connectivity index (χ3v) is 6.13. The first-order valence-electron chi connectivity index (χ1n) is 9.45. The van der Waals surface area contributed by atoms with Gasteiger partial charge in [-0.2, -0.15) is 0 Å². The van der Waals surface area contributed by atoms with Crippen LogP contribution in [0.5, 0.6) is 0 Å². The zero-order valence-corrected chi connectivity index (χ0v) is 16.7. The van der Waals surface area contributed by atoms with Crippen molar-refractivity contribution in [3.8, 4) is 5.69 Å². The molecule has 2 N–H and O–H groups in total. The van der Waals surface area contributed by atoms with E-state index in [9.17, 15) is 14.0 Å². The zero-order chi connectivity index (χ0) is 21.0. The van der Waals surface area contributed by atoms with Gasteiger partial charge in [-0.15, -0.1) is 0 Å². The molecule has 0 bridgehead atoms. The molecule has 1 unspecified atom stereocenters. The molecule has 3 aromatic heterocycles. The van der Waals surface area contributed by atoms with E-state index in [0.29, 0.717) is 30.2 Å². The minimum absolute atomic E-state index is 0.000146. The summed E-state index contributed by atoms with van der Waals surface area (Å²) in [6, 6.07) is 6.92. The van der Waals surface area contributed by atoms with Gasteiger partial charge < -0.3 is 10.2 Å². The lowest BCUT2D eigenvalue weighted by atomic mass is 10.2. The molecule has 1 saturated heterocycles. The lowest BCUT2D eigenvalue weighted by Crippen LogP contribution is -2.49. The SMILES string of the molecule is CC1CN(c2nc3c(cc2F)c(=O)c2c(=O)[nH]sc2n3-c2ccc(F)cc2)CCN1. The summed E-state index contributed by atoms with van der Waals surface area (Å²) in [7, 11) is 0. The first kappa shape index (κ1) is 18.9. The van der Waals surface area contributed by atoms with Gasteiger partial charge in [-0.1, -0.05) is 0 Å². The summed E-state index contributed by atoms with van der Waals surface area (Å²) in [5.74, 6) is -0.893. The van der Waals surface area contributed by atoms with Crippen LogP contribution in [0.4, 0.5) is 14.6 Å². The molecule has 1 atom stereocenters. The van der Waals surface area contributed by atoms with Crippen molar-refractivity contribution in [2.75, 3.05) is 24.5 Å². The van der Waals surface area contributed by atoms with Crippen LogP contribution in [0, 0.1) is 11.6 Å². The van der Waals surface area contributed by atoms with Crippen molar-refractivity contribution in [1.29, 1.82) is 0 Å². The Hall–Kier alpha value is -3.11. The Morgan fingerprint density at radius 2 is 1.97 bits per heavy atom. The fourth-order valence-electron chi connectivity index (χ4n) is 3.87. The van der Waals surface area contributed by atoms with Crippen LogP contribution in [-0.2, 0) is 0 Å². The Morgan fingerprint density at radius 1 is 1.20 bits per heavy atom. The summed E-state index contributed by atoms with van der Waals surface area (Å²) in [6.45, 7) is 3.82. The quantitative estimate of drug-likeness (QED) is 0.511. The highest BCUT2D eigenvalue weighted by Crippen LogP contribution is 2.28. The monoisotopic (exact) mass is 429 g/mol. The fourth-order valence-corrected chi connectivity index (χ4v) is 4.73. The average molecular weight is 429 g/mol. The molecular weight excluding hydrogens is 412 g/mol. The molecular formula is C20H17F2N5O2S. The number of halogens is 2. The van der Waals surface area contributed by atoms with Crippen LogP contribution < -0.4 is 21.2 Å². The number of H-pyrrole nitrogens is 1. The molecule has 0 aliphatic carbocycles. The minimum atomic E-state index is -0.620. The standard InChI is InChI=1S/C20H17F2N5O2S/c1-10-9-26(7-6-23-10)18-14(22)8-13-16(28)15-19(29)25-30-20(15)27(17(13)24-18)12-4-2-11(21)3-5-12/h2-5,8,10,23H,6-7,9H2,1H3,(H,25,29). The smallest absolute Gasteiger partial charge is 0.271 e. The molecule has 5 rings (SSSR count). The van der Waals surface area contributed by atoms with Gasteiger partial charge in [0.25, 0.3) is 5.56 Å². The van der Waals surface area contributed by atoms with E-state index in [1.165, 1.54) is 24.3 Å². The lowest BCUT2D eigenvalue weighted by Gasteiger charge is -2.33. The van der Waals surface area contributed by atoms with E-state index in [0.717, 1.165) is 17.6 Å². The number of nitrogens with zero attached hydrogens (tertiary/aromatic N) is 3. The molecule has 1 fully saturated rings. The summed E-state index contributed by atoms with van der Waals surface area (Å²) >= 11 is 0.989. The molecule has 4 aromatic rings. The lowest BCUT2D eigenvalue weighted by molar-refractivity contribution is 0.475. The molecule has 0 radical (unpaired) electrons. The number of hydrogen-bond acceptors (Lipinski definition) is 6. The third kappa shape index (κ3) is 2.91. The van der Waals surface area contributed by atoms with Crippen LogP contribution in [0.3, 0.4) is 0 Å². The van der Waals surface area contributed by atoms with Crippen molar-refractivity contribution >= 4 is 38.6 Å². The summed E-state index contributed by atoms with van der Waals surface area (Å²) in [5.41, 5.74) is -0.386. The maximum Gasteiger partial charge on any atom is 0.271 e. The summed E-state index contributed by atoms with van der Waals surface area (Å²) < 4.78 is 32.7. The van der Waals surface area contributed by atoms with Crippen LogP contribution >= 0.6 is 11.5 Å².